The summed E-state index contributed by atoms with van der Waals surface area (Å²) in [5, 5.41) is 10.2. The first-order valence-electron chi connectivity index (χ1n) is 6.33. The molecule has 0 aliphatic carbocycles. The highest BCUT2D eigenvalue weighted by molar-refractivity contribution is 5.99. The van der Waals surface area contributed by atoms with Crippen LogP contribution in [0.2, 0.25) is 0 Å². The molecule has 104 valence electrons. The van der Waals surface area contributed by atoms with E-state index in [0.29, 0.717) is 30.1 Å². The number of nitrogen functional groups attached to an aromatic ring is 1. The van der Waals surface area contributed by atoms with E-state index >= 15 is 0 Å². The Kier molecular flexibility index (Phi) is 3.41. The zero-order chi connectivity index (χ0) is 14.2. The molecular formula is C14H20N2O3. The van der Waals surface area contributed by atoms with Crippen molar-refractivity contribution in [2.45, 2.75) is 19.4 Å². The van der Waals surface area contributed by atoms with E-state index in [0.717, 1.165) is 0 Å². The molecule has 1 aliphatic heterocycles. The van der Waals surface area contributed by atoms with Gasteiger partial charge < -0.3 is 20.5 Å². The van der Waals surface area contributed by atoms with Crippen molar-refractivity contribution in [1.82, 2.24) is 4.90 Å². The topological polar surface area (TPSA) is 75.8 Å². The Morgan fingerprint density at radius 2 is 2.11 bits per heavy atom. The smallest absolute Gasteiger partial charge is 0.257 e. The van der Waals surface area contributed by atoms with E-state index in [1.54, 1.807) is 23.1 Å². The first-order chi connectivity index (χ1) is 8.89. The molecule has 5 nitrogen and oxygen atoms in total. The highest BCUT2D eigenvalue weighted by Gasteiger charge is 2.46. The number of amides is 1. The van der Waals surface area contributed by atoms with Crippen LogP contribution in [0.4, 0.5) is 5.69 Å². The summed E-state index contributed by atoms with van der Waals surface area (Å²) >= 11 is 0. The Balaban J connectivity index is 2.17. The quantitative estimate of drug-likeness (QED) is 0.802. The first-order valence-corrected chi connectivity index (χ1v) is 6.33. The number of β-amino-alcohol motifs (C(OH)–C–C–N with tert-alkyl or cyclic N) is 1. The number of ether oxygens (including phenoxy) is 1. The molecule has 0 radical (unpaired) electrons. The molecule has 0 bridgehead atoms. The fourth-order valence-corrected chi connectivity index (χ4v) is 2.24. The number of nitrogens with zero attached hydrogens (tertiary/aromatic N) is 1. The molecule has 0 aromatic heterocycles. The van der Waals surface area contributed by atoms with Crippen LogP contribution >= 0.6 is 0 Å². The van der Waals surface area contributed by atoms with Crippen molar-refractivity contribution >= 4 is 11.6 Å². The number of anilines is 1. The van der Waals surface area contributed by atoms with Gasteiger partial charge in [0.05, 0.1) is 31.5 Å². The second kappa shape index (κ2) is 4.74. The van der Waals surface area contributed by atoms with Crippen LogP contribution in [0.15, 0.2) is 18.2 Å². The van der Waals surface area contributed by atoms with Gasteiger partial charge in [-0.25, -0.2) is 0 Å². The summed E-state index contributed by atoms with van der Waals surface area (Å²) < 4.78 is 5.18. The first kappa shape index (κ1) is 13.7. The highest BCUT2D eigenvalue weighted by Crippen LogP contribution is 2.33. The fraction of sp³-hybridized carbons (Fsp3) is 0.500. The molecule has 3 N–H and O–H groups in total. The van der Waals surface area contributed by atoms with Crippen molar-refractivity contribution in [3.63, 3.8) is 0 Å². The highest BCUT2D eigenvalue weighted by atomic mass is 16.5. The van der Waals surface area contributed by atoms with E-state index in [1.807, 2.05) is 13.8 Å². The predicted molar refractivity (Wildman–Crippen MR) is 73.1 cm³/mol. The second-order valence-corrected chi connectivity index (χ2v) is 5.35. The third-order valence-corrected chi connectivity index (χ3v) is 3.77. The Labute approximate surface area is 113 Å². The second-order valence-electron chi connectivity index (χ2n) is 5.35. The number of likely N-dealkylation sites (tertiary alicyclic amines) is 1. The Morgan fingerprint density at radius 3 is 2.63 bits per heavy atom. The van der Waals surface area contributed by atoms with Crippen LogP contribution in [0, 0.1) is 5.92 Å². The molecule has 1 saturated heterocycles. The average molecular weight is 264 g/mol. The molecule has 0 unspecified atom stereocenters. The van der Waals surface area contributed by atoms with Crippen LogP contribution in [-0.4, -0.2) is 41.7 Å². The molecule has 1 aromatic carbocycles. The standard InChI is InChI=1S/C14H20N2O3/c1-9(2)14(18)7-16(8-14)13(17)10-5-4-6-11(15)12(10)19-3/h4-6,9,18H,7-8,15H2,1-3H3. The Bertz CT molecular complexity index is 493. The van der Waals surface area contributed by atoms with Gasteiger partial charge in [0, 0.05) is 0 Å². The molecule has 1 aromatic rings. The van der Waals surface area contributed by atoms with Gasteiger partial charge in [0.1, 0.15) is 5.60 Å². The van der Waals surface area contributed by atoms with Gasteiger partial charge in [-0.3, -0.25) is 4.79 Å². The minimum absolute atomic E-state index is 0.124. The lowest BCUT2D eigenvalue weighted by molar-refractivity contribution is -0.110. The largest absolute Gasteiger partial charge is 0.494 e. The predicted octanol–water partition coefficient (Wildman–Crippen LogP) is 1.12. The molecule has 0 spiro atoms. The lowest BCUT2D eigenvalue weighted by Crippen LogP contribution is -2.65. The molecule has 1 amide bonds. The number of hydrogen-bond acceptors (Lipinski definition) is 4. The number of methoxy groups -OCH3 is 1. The molecule has 1 fully saturated rings. The van der Waals surface area contributed by atoms with Gasteiger partial charge in [0.15, 0.2) is 5.75 Å². The van der Waals surface area contributed by atoms with Crippen LogP contribution in [0.3, 0.4) is 0 Å². The van der Waals surface area contributed by atoms with Crippen molar-refractivity contribution in [3.8, 4) is 5.75 Å². The number of para-hydroxylation sites is 1. The maximum atomic E-state index is 12.3. The maximum Gasteiger partial charge on any atom is 0.257 e. The van der Waals surface area contributed by atoms with Gasteiger partial charge in [0.2, 0.25) is 0 Å². The van der Waals surface area contributed by atoms with Gasteiger partial charge in [-0.15, -0.1) is 0 Å². The molecule has 2 rings (SSSR count). The number of aliphatic hydroxyl groups is 1. The van der Waals surface area contributed by atoms with E-state index in [2.05, 4.69) is 0 Å². The maximum absolute atomic E-state index is 12.3. The Morgan fingerprint density at radius 1 is 1.47 bits per heavy atom. The van der Waals surface area contributed by atoms with Crippen LogP contribution in [0.5, 0.6) is 5.75 Å². The normalized spacial score (nSPS) is 17.2. The molecule has 0 atom stereocenters. The molecule has 1 heterocycles. The molecule has 5 heteroatoms. The summed E-state index contributed by atoms with van der Waals surface area (Å²) in [6.45, 7) is 4.59. The lowest BCUT2D eigenvalue weighted by Gasteiger charge is -2.49. The van der Waals surface area contributed by atoms with Crippen molar-refractivity contribution in [2.75, 3.05) is 25.9 Å². The SMILES string of the molecule is COc1c(N)cccc1C(=O)N1CC(O)(C(C)C)C1. The van der Waals surface area contributed by atoms with Crippen LogP contribution in [0.25, 0.3) is 0 Å². The van der Waals surface area contributed by atoms with Gasteiger partial charge in [-0.05, 0) is 18.1 Å². The number of carbonyl (C=O) groups excluding carboxylic acids is 1. The van der Waals surface area contributed by atoms with Crippen molar-refractivity contribution in [2.24, 2.45) is 5.92 Å². The van der Waals surface area contributed by atoms with E-state index < -0.39 is 5.60 Å². The van der Waals surface area contributed by atoms with E-state index in [9.17, 15) is 9.90 Å². The number of carbonyl (C=O) groups is 1. The number of hydrogen-bond donors (Lipinski definition) is 2. The van der Waals surface area contributed by atoms with Gasteiger partial charge in [-0.1, -0.05) is 19.9 Å². The van der Waals surface area contributed by atoms with Gasteiger partial charge in [-0.2, -0.15) is 0 Å². The minimum Gasteiger partial charge on any atom is -0.494 e. The zero-order valence-corrected chi connectivity index (χ0v) is 11.5. The lowest BCUT2D eigenvalue weighted by atomic mass is 9.82. The third-order valence-electron chi connectivity index (χ3n) is 3.77. The summed E-state index contributed by atoms with van der Waals surface area (Å²) in [4.78, 5) is 14.0. The van der Waals surface area contributed by atoms with E-state index in [-0.39, 0.29) is 11.8 Å². The zero-order valence-electron chi connectivity index (χ0n) is 11.5. The third kappa shape index (κ3) is 2.26. The summed E-state index contributed by atoms with van der Waals surface area (Å²) in [7, 11) is 1.49. The number of rotatable bonds is 3. The number of benzene rings is 1. The van der Waals surface area contributed by atoms with Crippen molar-refractivity contribution in [1.29, 1.82) is 0 Å². The monoisotopic (exact) mass is 264 g/mol. The molecule has 19 heavy (non-hydrogen) atoms. The van der Waals surface area contributed by atoms with Crippen molar-refractivity contribution in [3.05, 3.63) is 23.8 Å². The minimum atomic E-state index is -0.775. The Hall–Kier alpha value is -1.75. The summed E-state index contributed by atoms with van der Waals surface area (Å²) in [6.07, 6.45) is 0. The molecule has 0 saturated carbocycles. The van der Waals surface area contributed by atoms with Crippen molar-refractivity contribution < 1.29 is 14.6 Å². The van der Waals surface area contributed by atoms with E-state index in [1.165, 1.54) is 7.11 Å². The molecule has 1 aliphatic rings. The van der Waals surface area contributed by atoms with Gasteiger partial charge >= 0.3 is 0 Å². The fourth-order valence-electron chi connectivity index (χ4n) is 2.24. The number of nitrogens with two attached hydrogens (primary N) is 1. The van der Waals surface area contributed by atoms with Crippen LogP contribution < -0.4 is 10.5 Å². The summed E-state index contributed by atoms with van der Waals surface area (Å²) in [5.74, 6) is 0.362. The van der Waals surface area contributed by atoms with Crippen LogP contribution in [0.1, 0.15) is 24.2 Å². The summed E-state index contributed by atoms with van der Waals surface area (Å²) in [6, 6.07) is 5.10. The van der Waals surface area contributed by atoms with Crippen LogP contribution in [-0.2, 0) is 0 Å². The van der Waals surface area contributed by atoms with E-state index in [4.69, 9.17) is 10.5 Å². The summed E-state index contributed by atoms with van der Waals surface area (Å²) in [5.41, 5.74) is 5.89. The average Bonchev–Trinajstić information content (AvgIpc) is 2.33. The van der Waals surface area contributed by atoms with Gasteiger partial charge in [0.25, 0.3) is 5.91 Å². The molecular weight excluding hydrogens is 244 g/mol.